The van der Waals surface area contributed by atoms with Crippen molar-refractivity contribution in [1.82, 2.24) is 0 Å². The number of nitrogen functional groups attached to an aromatic ring is 1. The molecule has 0 unspecified atom stereocenters. The van der Waals surface area contributed by atoms with Crippen LogP contribution >= 0.6 is 0 Å². The van der Waals surface area contributed by atoms with E-state index in [9.17, 15) is 4.79 Å². The summed E-state index contributed by atoms with van der Waals surface area (Å²) in [7, 11) is 0. The Morgan fingerprint density at radius 3 is 2.65 bits per heavy atom. The fourth-order valence-corrected chi connectivity index (χ4v) is 3.14. The summed E-state index contributed by atoms with van der Waals surface area (Å²) in [4.78, 5) is 14.6. The van der Waals surface area contributed by atoms with Gasteiger partial charge in [-0.25, -0.2) is 0 Å². The van der Waals surface area contributed by atoms with Crippen LogP contribution in [0.2, 0.25) is 0 Å². The predicted molar refractivity (Wildman–Crippen MR) is 95.9 cm³/mol. The number of amides is 1. The van der Waals surface area contributed by atoms with Gasteiger partial charge in [0.25, 0.3) is 5.91 Å². The number of carbonyl (C=O) groups excluding carboxylic acids is 1. The number of carbonyl (C=O) groups is 1. The Morgan fingerprint density at radius 1 is 1.17 bits per heavy atom. The summed E-state index contributed by atoms with van der Waals surface area (Å²) in [5.74, 6) is -0.121. The molecule has 3 rings (SSSR count). The zero-order valence-electron chi connectivity index (χ0n) is 13.5. The highest BCUT2D eigenvalue weighted by molar-refractivity contribution is 6.04. The molecule has 1 aliphatic heterocycles. The van der Waals surface area contributed by atoms with Gasteiger partial charge in [-0.2, -0.15) is 0 Å². The molecule has 120 valence electrons. The van der Waals surface area contributed by atoms with Crippen molar-refractivity contribution >= 4 is 23.0 Å². The second-order valence-electron chi connectivity index (χ2n) is 6.13. The first-order valence-electron chi connectivity index (χ1n) is 8.18. The molecule has 1 fully saturated rings. The molecule has 2 aromatic rings. The molecule has 23 heavy (non-hydrogen) atoms. The Labute approximate surface area is 137 Å². The zero-order chi connectivity index (χ0) is 16.2. The van der Waals surface area contributed by atoms with E-state index in [4.69, 9.17) is 5.73 Å². The number of hydrogen-bond donors (Lipinski definition) is 2. The lowest BCUT2D eigenvalue weighted by Gasteiger charge is -2.36. The zero-order valence-corrected chi connectivity index (χ0v) is 13.5. The van der Waals surface area contributed by atoms with Crippen LogP contribution in [0, 0.1) is 0 Å². The molecular weight excluding hydrogens is 286 g/mol. The largest absolute Gasteiger partial charge is 0.397 e. The quantitative estimate of drug-likeness (QED) is 0.845. The van der Waals surface area contributed by atoms with E-state index in [-0.39, 0.29) is 5.91 Å². The van der Waals surface area contributed by atoms with Gasteiger partial charge in [0.1, 0.15) is 0 Å². The van der Waals surface area contributed by atoms with Crippen LogP contribution in [0.1, 0.15) is 36.5 Å². The van der Waals surface area contributed by atoms with Gasteiger partial charge in [-0.1, -0.05) is 18.2 Å². The van der Waals surface area contributed by atoms with Crippen LogP contribution in [0.15, 0.2) is 48.5 Å². The number of nitrogens with zero attached hydrogens (tertiary/aromatic N) is 1. The van der Waals surface area contributed by atoms with E-state index in [1.54, 1.807) is 12.1 Å². The lowest BCUT2D eigenvalue weighted by molar-refractivity contribution is 0.102. The summed E-state index contributed by atoms with van der Waals surface area (Å²) in [5.41, 5.74) is 9.38. The first kappa shape index (κ1) is 15.4. The van der Waals surface area contributed by atoms with E-state index in [1.807, 2.05) is 36.4 Å². The molecule has 0 saturated carbocycles. The fraction of sp³-hybridized carbons (Fsp3) is 0.316. The maximum Gasteiger partial charge on any atom is 0.255 e. The normalized spacial score (nSPS) is 17.8. The SMILES string of the molecule is C[C@H]1CCCCN1c1ccc(NC(=O)c2ccccc2)cc1N. The van der Waals surface area contributed by atoms with Gasteiger partial charge < -0.3 is 16.0 Å². The topological polar surface area (TPSA) is 58.4 Å². The van der Waals surface area contributed by atoms with Gasteiger partial charge in [0.2, 0.25) is 0 Å². The van der Waals surface area contributed by atoms with Crippen LogP contribution in [0.4, 0.5) is 17.1 Å². The van der Waals surface area contributed by atoms with Crippen molar-refractivity contribution < 1.29 is 4.79 Å². The molecule has 3 N–H and O–H groups in total. The lowest BCUT2D eigenvalue weighted by atomic mass is 10.0. The van der Waals surface area contributed by atoms with E-state index < -0.39 is 0 Å². The van der Waals surface area contributed by atoms with Crippen molar-refractivity contribution in [3.8, 4) is 0 Å². The van der Waals surface area contributed by atoms with Crippen molar-refractivity contribution in [1.29, 1.82) is 0 Å². The smallest absolute Gasteiger partial charge is 0.255 e. The Hall–Kier alpha value is -2.49. The molecule has 1 amide bonds. The third-order valence-corrected chi connectivity index (χ3v) is 4.43. The molecule has 1 saturated heterocycles. The molecule has 0 aromatic heterocycles. The number of nitrogens with one attached hydrogen (secondary N) is 1. The van der Waals surface area contributed by atoms with Crippen LogP contribution in [0.25, 0.3) is 0 Å². The summed E-state index contributed by atoms with van der Waals surface area (Å²) in [6.07, 6.45) is 3.69. The van der Waals surface area contributed by atoms with E-state index in [2.05, 4.69) is 17.1 Å². The second kappa shape index (κ2) is 6.73. The van der Waals surface area contributed by atoms with Gasteiger partial charge in [0.15, 0.2) is 0 Å². The number of benzene rings is 2. The molecule has 0 radical (unpaired) electrons. The molecule has 1 heterocycles. The molecule has 4 heteroatoms. The Kier molecular flexibility index (Phi) is 4.51. The first-order chi connectivity index (χ1) is 11.1. The molecule has 0 bridgehead atoms. The number of piperidine rings is 1. The minimum atomic E-state index is -0.121. The highest BCUT2D eigenvalue weighted by atomic mass is 16.1. The number of nitrogens with two attached hydrogens (primary N) is 1. The third kappa shape index (κ3) is 3.47. The number of anilines is 3. The van der Waals surface area contributed by atoms with Crippen LogP contribution in [-0.4, -0.2) is 18.5 Å². The number of rotatable bonds is 3. The Bertz CT molecular complexity index is 684. The van der Waals surface area contributed by atoms with Crippen molar-refractivity contribution in [2.45, 2.75) is 32.2 Å². The Morgan fingerprint density at radius 2 is 1.96 bits per heavy atom. The summed E-state index contributed by atoms with van der Waals surface area (Å²) >= 11 is 0. The number of hydrogen-bond acceptors (Lipinski definition) is 3. The van der Waals surface area contributed by atoms with E-state index in [1.165, 1.54) is 19.3 Å². The van der Waals surface area contributed by atoms with Gasteiger partial charge in [0, 0.05) is 23.8 Å². The van der Waals surface area contributed by atoms with E-state index >= 15 is 0 Å². The van der Waals surface area contributed by atoms with Crippen LogP contribution in [0.5, 0.6) is 0 Å². The average Bonchev–Trinajstić information content (AvgIpc) is 2.57. The predicted octanol–water partition coefficient (Wildman–Crippen LogP) is 3.90. The van der Waals surface area contributed by atoms with Crippen LogP contribution < -0.4 is 16.0 Å². The molecule has 0 spiro atoms. The molecule has 2 aromatic carbocycles. The van der Waals surface area contributed by atoms with Gasteiger partial charge in [0.05, 0.1) is 11.4 Å². The van der Waals surface area contributed by atoms with Crippen molar-refractivity contribution in [2.75, 3.05) is 22.5 Å². The molecule has 4 nitrogen and oxygen atoms in total. The first-order valence-corrected chi connectivity index (χ1v) is 8.18. The summed E-state index contributed by atoms with van der Waals surface area (Å²) in [6, 6.07) is 15.5. The standard InChI is InChI=1S/C19H23N3O/c1-14-7-5-6-12-22(14)18-11-10-16(13-17(18)20)21-19(23)15-8-3-2-4-9-15/h2-4,8-11,13-14H,5-7,12,20H2,1H3,(H,21,23)/t14-/m0/s1. The van der Waals surface area contributed by atoms with Crippen molar-refractivity contribution in [2.24, 2.45) is 0 Å². The maximum absolute atomic E-state index is 12.2. The molecular formula is C19H23N3O. The highest BCUT2D eigenvalue weighted by Crippen LogP contribution is 2.31. The third-order valence-electron chi connectivity index (χ3n) is 4.43. The van der Waals surface area contributed by atoms with Gasteiger partial charge >= 0.3 is 0 Å². The van der Waals surface area contributed by atoms with Gasteiger partial charge in [-0.05, 0) is 56.5 Å². The second-order valence-corrected chi connectivity index (χ2v) is 6.13. The van der Waals surface area contributed by atoms with Gasteiger partial charge in [-0.3, -0.25) is 4.79 Å². The fourth-order valence-electron chi connectivity index (χ4n) is 3.14. The summed E-state index contributed by atoms with van der Waals surface area (Å²) in [6.45, 7) is 3.28. The van der Waals surface area contributed by atoms with E-state index in [0.717, 1.165) is 17.9 Å². The van der Waals surface area contributed by atoms with Gasteiger partial charge in [-0.15, -0.1) is 0 Å². The maximum atomic E-state index is 12.2. The van der Waals surface area contributed by atoms with Crippen LogP contribution in [-0.2, 0) is 0 Å². The molecule has 1 aliphatic rings. The van der Waals surface area contributed by atoms with Crippen LogP contribution in [0.3, 0.4) is 0 Å². The summed E-state index contributed by atoms with van der Waals surface area (Å²) in [5, 5.41) is 2.90. The minimum absolute atomic E-state index is 0.121. The molecule has 1 atom stereocenters. The Balaban J connectivity index is 1.75. The average molecular weight is 309 g/mol. The summed E-state index contributed by atoms with van der Waals surface area (Å²) < 4.78 is 0. The highest BCUT2D eigenvalue weighted by Gasteiger charge is 2.20. The van der Waals surface area contributed by atoms with Crippen molar-refractivity contribution in [3.05, 3.63) is 54.1 Å². The van der Waals surface area contributed by atoms with Crippen molar-refractivity contribution in [3.63, 3.8) is 0 Å². The monoisotopic (exact) mass is 309 g/mol. The minimum Gasteiger partial charge on any atom is -0.397 e. The molecule has 0 aliphatic carbocycles. The lowest BCUT2D eigenvalue weighted by Crippen LogP contribution is -2.37. The van der Waals surface area contributed by atoms with E-state index in [0.29, 0.717) is 17.3 Å².